The molecule has 5 nitrogen and oxygen atoms in total. The summed E-state index contributed by atoms with van der Waals surface area (Å²) in [4.78, 5) is 18.3. The van der Waals surface area contributed by atoms with E-state index in [-0.39, 0.29) is 12.5 Å². The maximum atomic E-state index is 12.1. The van der Waals surface area contributed by atoms with Gasteiger partial charge in [-0.1, -0.05) is 11.6 Å². The molecule has 1 aromatic carbocycles. The zero-order chi connectivity index (χ0) is 14.7. The molecule has 1 aromatic heterocycles. The van der Waals surface area contributed by atoms with E-state index in [1.807, 2.05) is 29.2 Å². The van der Waals surface area contributed by atoms with E-state index in [0.29, 0.717) is 31.3 Å². The minimum absolute atomic E-state index is 0.0670. The number of fused-ring (bicyclic) bond motifs is 1. The molecule has 2 aromatic rings. The van der Waals surface area contributed by atoms with Gasteiger partial charge < -0.3 is 15.0 Å². The van der Waals surface area contributed by atoms with Gasteiger partial charge in [-0.15, -0.1) is 0 Å². The van der Waals surface area contributed by atoms with Crippen molar-refractivity contribution in [1.82, 2.24) is 9.88 Å². The molecule has 1 aliphatic heterocycles. The minimum atomic E-state index is 0.0670. The lowest BCUT2D eigenvalue weighted by molar-refractivity contribution is -0.133. The third-order valence-electron chi connectivity index (χ3n) is 3.51. The normalized spacial score (nSPS) is 15.2. The molecule has 0 saturated carbocycles. The van der Waals surface area contributed by atoms with Gasteiger partial charge in [0.2, 0.25) is 5.91 Å². The van der Waals surface area contributed by atoms with Gasteiger partial charge in [-0.2, -0.15) is 0 Å². The average Bonchev–Trinajstić information content (AvgIpc) is 2.55. The van der Waals surface area contributed by atoms with Crippen molar-refractivity contribution in [2.24, 2.45) is 0 Å². The van der Waals surface area contributed by atoms with Crippen molar-refractivity contribution in [3.8, 4) is 0 Å². The standard InChI is InChI=1S/C15H16ClN3O2/c16-12-3-4-13(15-11(12)2-1-5-17-15)18-10-14(20)19-6-8-21-9-7-19/h1-5,18H,6-10H2. The van der Waals surface area contributed by atoms with E-state index in [4.69, 9.17) is 16.3 Å². The van der Waals surface area contributed by atoms with Gasteiger partial charge >= 0.3 is 0 Å². The van der Waals surface area contributed by atoms with Gasteiger partial charge in [-0.3, -0.25) is 9.78 Å². The number of hydrogen-bond acceptors (Lipinski definition) is 4. The third-order valence-corrected chi connectivity index (χ3v) is 3.84. The second kappa shape index (κ2) is 6.28. The Labute approximate surface area is 127 Å². The zero-order valence-corrected chi connectivity index (χ0v) is 12.3. The Hall–Kier alpha value is -1.85. The molecule has 0 atom stereocenters. The lowest BCUT2D eigenvalue weighted by Crippen LogP contribution is -2.43. The van der Waals surface area contributed by atoms with Crippen molar-refractivity contribution < 1.29 is 9.53 Å². The number of nitrogens with one attached hydrogen (secondary N) is 1. The molecule has 110 valence electrons. The summed E-state index contributed by atoms with van der Waals surface area (Å²) in [7, 11) is 0. The summed E-state index contributed by atoms with van der Waals surface area (Å²) in [5.41, 5.74) is 1.59. The summed E-state index contributed by atoms with van der Waals surface area (Å²) in [6.07, 6.45) is 1.72. The maximum absolute atomic E-state index is 12.1. The van der Waals surface area contributed by atoms with E-state index >= 15 is 0 Å². The lowest BCUT2D eigenvalue weighted by atomic mass is 10.2. The molecule has 3 rings (SSSR count). The summed E-state index contributed by atoms with van der Waals surface area (Å²) in [6, 6.07) is 7.42. The fourth-order valence-electron chi connectivity index (χ4n) is 2.38. The van der Waals surface area contributed by atoms with Crippen LogP contribution in [0.3, 0.4) is 0 Å². The Balaban J connectivity index is 1.73. The first kappa shape index (κ1) is 14.1. The largest absolute Gasteiger partial charge is 0.378 e. The molecule has 0 radical (unpaired) electrons. The molecule has 0 unspecified atom stereocenters. The number of rotatable bonds is 3. The van der Waals surface area contributed by atoms with Gasteiger partial charge in [0.15, 0.2) is 0 Å². The molecule has 1 fully saturated rings. The molecule has 6 heteroatoms. The van der Waals surface area contributed by atoms with Gasteiger partial charge in [0, 0.05) is 24.7 Å². The van der Waals surface area contributed by atoms with Gasteiger partial charge in [-0.25, -0.2) is 0 Å². The molecule has 0 aliphatic carbocycles. The second-order valence-electron chi connectivity index (χ2n) is 4.84. The van der Waals surface area contributed by atoms with Gasteiger partial charge in [0.25, 0.3) is 0 Å². The third kappa shape index (κ3) is 3.09. The highest BCUT2D eigenvalue weighted by atomic mass is 35.5. The fourth-order valence-corrected chi connectivity index (χ4v) is 2.59. The predicted molar refractivity (Wildman–Crippen MR) is 82.6 cm³/mol. The summed E-state index contributed by atoms with van der Waals surface area (Å²) in [5, 5.41) is 4.69. The number of aromatic nitrogens is 1. The molecule has 21 heavy (non-hydrogen) atoms. The summed E-state index contributed by atoms with van der Waals surface area (Å²) >= 11 is 6.16. The molecule has 0 spiro atoms. The number of nitrogens with zero attached hydrogens (tertiary/aromatic N) is 2. The predicted octanol–water partition coefficient (Wildman–Crippen LogP) is 2.16. The smallest absolute Gasteiger partial charge is 0.242 e. The van der Waals surface area contributed by atoms with Crippen molar-refractivity contribution in [2.45, 2.75) is 0 Å². The SMILES string of the molecule is O=C(CNc1ccc(Cl)c2cccnc12)N1CCOCC1. The quantitative estimate of drug-likeness (QED) is 0.944. The second-order valence-corrected chi connectivity index (χ2v) is 5.25. The van der Waals surface area contributed by atoms with E-state index in [1.54, 1.807) is 6.20 Å². The van der Waals surface area contributed by atoms with Gasteiger partial charge in [0.05, 0.1) is 36.0 Å². The fraction of sp³-hybridized carbons (Fsp3) is 0.333. The molecular weight excluding hydrogens is 290 g/mol. The Morgan fingerprint density at radius 2 is 2.14 bits per heavy atom. The van der Waals surface area contributed by atoms with Crippen LogP contribution < -0.4 is 5.32 Å². The highest BCUT2D eigenvalue weighted by molar-refractivity contribution is 6.35. The highest BCUT2D eigenvalue weighted by Gasteiger charge is 2.16. The van der Waals surface area contributed by atoms with Crippen LogP contribution in [-0.4, -0.2) is 48.6 Å². The summed E-state index contributed by atoms with van der Waals surface area (Å²) < 4.78 is 5.24. The van der Waals surface area contributed by atoms with Crippen LogP contribution in [-0.2, 0) is 9.53 Å². The Bertz CT molecular complexity index is 656. The molecule has 2 heterocycles. The number of hydrogen-bond donors (Lipinski definition) is 1. The Morgan fingerprint density at radius 3 is 2.95 bits per heavy atom. The van der Waals surface area contributed by atoms with Crippen LogP contribution in [0.15, 0.2) is 30.5 Å². The molecule has 1 aliphatic rings. The van der Waals surface area contributed by atoms with Crippen LogP contribution in [0, 0.1) is 0 Å². The number of pyridine rings is 1. The molecule has 1 N–H and O–H groups in total. The topological polar surface area (TPSA) is 54.5 Å². The van der Waals surface area contributed by atoms with E-state index in [9.17, 15) is 4.79 Å². The monoisotopic (exact) mass is 305 g/mol. The number of carbonyl (C=O) groups excluding carboxylic acids is 1. The summed E-state index contributed by atoms with van der Waals surface area (Å²) in [6.45, 7) is 2.77. The van der Waals surface area contributed by atoms with E-state index < -0.39 is 0 Å². The number of anilines is 1. The number of ether oxygens (including phenoxy) is 1. The van der Waals surface area contributed by atoms with Crippen LogP contribution in [0.4, 0.5) is 5.69 Å². The Morgan fingerprint density at radius 1 is 1.33 bits per heavy atom. The van der Waals surface area contributed by atoms with Crippen LogP contribution >= 0.6 is 11.6 Å². The van der Waals surface area contributed by atoms with Crippen molar-refractivity contribution in [3.63, 3.8) is 0 Å². The summed E-state index contributed by atoms with van der Waals surface area (Å²) in [5.74, 6) is 0.0670. The van der Waals surface area contributed by atoms with Crippen LogP contribution in [0.5, 0.6) is 0 Å². The minimum Gasteiger partial charge on any atom is -0.378 e. The zero-order valence-electron chi connectivity index (χ0n) is 11.5. The maximum Gasteiger partial charge on any atom is 0.242 e. The lowest BCUT2D eigenvalue weighted by Gasteiger charge is -2.27. The average molecular weight is 306 g/mol. The van der Waals surface area contributed by atoms with Crippen molar-refractivity contribution in [1.29, 1.82) is 0 Å². The van der Waals surface area contributed by atoms with Crippen LogP contribution in [0.25, 0.3) is 10.9 Å². The molecular formula is C15H16ClN3O2. The van der Waals surface area contributed by atoms with Crippen LogP contribution in [0.1, 0.15) is 0 Å². The molecule has 0 bridgehead atoms. The number of halogens is 1. The first-order valence-electron chi connectivity index (χ1n) is 6.88. The van der Waals surface area contributed by atoms with E-state index in [0.717, 1.165) is 16.6 Å². The van der Waals surface area contributed by atoms with E-state index in [1.165, 1.54) is 0 Å². The highest BCUT2D eigenvalue weighted by Crippen LogP contribution is 2.27. The van der Waals surface area contributed by atoms with Crippen LogP contribution in [0.2, 0.25) is 5.02 Å². The van der Waals surface area contributed by atoms with Gasteiger partial charge in [0.1, 0.15) is 0 Å². The Kier molecular flexibility index (Phi) is 4.22. The van der Waals surface area contributed by atoms with Crippen molar-refractivity contribution in [2.75, 3.05) is 38.2 Å². The van der Waals surface area contributed by atoms with Crippen molar-refractivity contribution >= 4 is 34.1 Å². The van der Waals surface area contributed by atoms with Crippen molar-refractivity contribution in [3.05, 3.63) is 35.5 Å². The number of carbonyl (C=O) groups is 1. The molecule has 1 amide bonds. The first-order valence-corrected chi connectivity index (χ1v) is 7.26. The first-order chi connectivity index (χ1) is 10.3. The number of benzene rings is 1. The van der Waals surface area contributed by atoms with Gasteiger partial charge in [-0.05, 0) is 24.3 Å². The number of morpholine rings is 1. The number of amides is 1. The molecule has 1 saturated heterocycles. The van der Waals surface area contributed by atoms with E-state index in [2.05, 4.69) is 10.3 Å².